The summed E-state index contributed by atoms with van der Waals surface area (Å²) in [6.45, 7) is 0. The van der Waals surface area contributed by atoms with Gasteiger partial charge in [0, 0.05) is 29.1 Å². The number of amides is 1. The molecule has 0 fully saturated rings. The zero-order chi connectivity index (χ0) is 17.2. The maximum absolute atomic E-state index is 13.2. The Morgan fingerprint density at radius 1 is 1.08 bits per heavy atom. The summed E-state index contributed by atoms with van der Waals surface area (Å²) in [5, 5.41) is 2.72. The molecule has 0 unspecified atom stereocenters. The number of hydrogen-bond donors (Lipinski definition) is 1. The van der Waals surface area contributed by atoms with Gasteiger partial charge in [0.1, 0.15) is 11.3 Å². The quantitative estimate of drug-likeness (QED) is 0.607. The monoisotopic (exact) mass is 333 g/mol. The van der Waals surface area contributed by atoms with Crippen LogP contribution in [0, 0.1) is 5.82 Å². The van der Waals surface area contributed by atoms with Gasteiger partial charge < -0.3 is 9.73 Å². The van der Waals surface area contributed by atoms with E-state index in [2.05, 4.69) is 15.3 Å². The number of carbonyl (C=O) groups is 1. The summed E-state index contributed by atoms with van der Waals surface area (Å²) in [6.07, 6.45) is 3.28. The van der Waals surface area contributed by atoms with Crippen LogP contribution >= 0.6 is 0 Å². The zero-order valence-corrected chi connectivity index (χ0v) is 12.9. The topological polar surface area (TPSA) is 68.0 Å². The predicted octanol–water partition coefficient (Wildman–Crippen LogP) is 4.28. The molecule has 0 bridgehead atoms. The van der Waals surface area contributed by atoms with Crippen LogP contribution in [-0.2, 0) is 0 Å². The Hall–Kier alpha value is -3.54. The molecule has 25 heavy (non-hydrogen) atoms. The van der Waals surface area contributed by atoms with Crippen LogP contribution in [0.15, 0.2) is 71.4 Å². The molecule has 2 aromatic heterocycles. The van der Waals surface area contributed by atoms with Gasteiger partial charge in [-0.15, -0.1) is 0 Å². The van der Waals surface area contributed by atoms with E-state index in [0.29, 0.717) is 22.7 Å². The van der Waals surface area contributed by atoms with Crippen molar-refractivity contribution in [2.75, 3.05) is 5.32 Å². The van der Waals surface area contributed by atoms with Crippen LogP contribution in [0.3, 0.4) is 0 Å². The van der Waals surface area contributed by atoms with Gasteiger partial charge in [0.2, 0.25) is 5.89 Å². The highest BCUT2D eigenvalue weighted by Gasteiger charge is 2.10. The molecule has 1 amide bonds. The number of rotatable bonds is 3. The lowest BCUT2D eigenvalue weighted by molar-refractivity contribution is 0.102. The normalized spacial score (nSPS) is 10.8. The molecule has 4 aromatic rings. The number of pyridine rings is 1. The number of carbonyl (C=O) groups excluding carboxylic acids is 1. The third-order valence-electron chi connectivity index (χ3n) is 3.67. The van der Waals surface area contributed by atoms with E-state index in [1.807, 2.05) is 0 Å². The number of nitrogens with one attached hydrogen (secondary N) is 1. The Morgan fingerprint density at radius 2 is 1.92 bits per heavy atom. The van der Waals surface area contributed by atoms with E-state index in [-0.39, 0.29) is 11.5 Å². The van der Waals surface area contributed by atoms with Crippen LogP contribution in [0.4, 0.5) is 10.1 Å². The largest absolute Gasteiger partial charge is 0.436 e. The fraction of sp³-hybridized carbons (Fsp3) is 0. The first kappa shape index (κ1) is 15.0. The second kappa shape index (κ2) is 6.16. The zero-order valence-electron chi connectivity index (χ0n) is 12.9. The van der Waals surface area contributed by atoms with Crippen molar-refractivity contribution in [3.63, 3.8) is 0 Å². The Bertz CT molecular complexity index is 1020. The molecule has 0 aliphatic carbocycles. The highest BCUT2D eigenvalue weighted by atomic mass is 19.1. The molecule has 2 aromatic carbocycles. The van der Waals surface area contributed by atoms with Crippen LogP contribution in [0.1, 0.15) is 10.4 Å². The Balaban J connectivity index is 1.54. The Morgan fingerprint density at radius 3 is 2.68 bits per heavy atom. The van der Waals surface area contributed by atoms with Crippen molar-refractivity contribution in [2.45, 2.75) is 0 Å². The minimum absolute atomic E-state index is 0.260. The van der Waals surface area contributed by atoms with Gasteiger partial charge >= 0.3 is 0 Å². The minimum atomic E-state index is -0.451. The molecule has 122 valence electrons. The van der Waals surface area contributed by atoms with Gasteiger partial charge in [0.15, 0.2) is 5.58 Å². The van der Waals surface area contributed by atoms with Crippen LogP contribution in [0.25, 0.3) is 22.6 Å². The Kier molecular flexibility index (Phi) is 3.70. The first-order valence-corrected chi connectivity index (χ1v) is 7.57. The maximum Gasteiger partial charge on any atom is 0.255 e. The highest BCUT2D eigenvalue weighted by molar-refractivity contribution is 6.04. The molecule has 0 saturated heterocycles. The standard InChI is InChI=1S/C19H12FN3O2/c20-14-3-1-2-13(10-14)18(24)22-15-6-4-12(5-7-15)19-23-16-11-21-9-8-17(16)25-19/h1-11H,(H,22,24). The summed E-state index contributed by atoms with van der Waals surface area (Å²) in [5.41, 5.74) is 2.97. The van der Waals surface area contributed by atoms with Gasteiger partial charge in [-0.2, -0.15) is 0 Å². The number of hydrogen-bond acceptors (Lipinski definition) is 4. The fourth-order valence-electron chi connectivity index (χ4n) is 2.43. The number of oxazole rings is 1. The molecular weight excluding hydrogens is 321 g/mol. The molecule has 1 N–H and O–H groups in total. The number of anilines is 1. The number of benzene rings is 2. The second-order valence-corrected chi connectivity index (χ2v) is 5.40. The van der Waals surface area contributed by atoms with Gasteiger partial charge in [-0.3, -0.25) is 9.78 Å². The van der Waals surface area contributed by atoms with Crippen molar-refractivity contribution in [1.82, 2.24) is 9.97 Å². The molecule has 5 nitrogen and oxygen atoms in total. The van der Waals surface area contributed by atoms with Crippen molar-refractivity contribution in [3.05, 3.63) is 78.4 Å². The highest BCUT2D eigenvalue weighted by Crippen LogP contribution is 2.24. The molecule has 0 atom stereocenters. The van der Waals surface area contributed by atoms with E-state index in [1.54, 1.807) is 48.8 Å². The number of nitrogens with zero attached hydrogens (tertiary/aromatic N) is 2. The summed E-state index contributed by atoms with van der Waals surface area (Å²) in [4.78, 5) is 20.5. The summed E-state index contributed by atoms with van der Waals surface area (Å²) >= 11 is 0. The van der Waals surface area contributed by atoms with Crippen molar-refractivity contribution >= 4 is 22.7 Å². The van der Waals surface area contributed by atoms with E-state index in [0.717, 1.165) is 5.56 Å². The van der Waals surface area contributed by atoms with Crippen molar-refractivity contribution in [2.24, 2.45) is 0 Å². The predicted molar refractivity (Wildman–Crippen MR) is 91.6 cm³/mol. The SMILES string of the molecule is O=C(Nc1ccc(-c2nc3cnccc3o2)cc1)c1cccc(F)c1. The number of halogens is 1. The molecule has 4 rings (SSSR count). The molecule has 2 heterocycles. The average molecular weight is 333 g/mol. The van der Waals surface area contributed by atoms with E-state index < -0.39 is 5.82 Å². The van der Waals surface area contributed by atoms with Gasteiger partial charge in [-0.05, 0) is 42.5 Å². The third kappa shape index (κ3) is 3.10. The smallest absolute Gasteiger partial charge is 0.255 e. The lowest BCUT2D eigenvalue weighted by Crippen LogP contribution is -2.11. The first-order chi connectivity index (χ1) is 12.2. The fourth-order valence-corrected chi connectivity index (χ4v) is 2.43. The Labute approximate surface area is 142 Å². The summed E-state index contributed by atoms with van der Waals surface area (Å²) in [6, 6.07) is 14.3. The number of aromatic nitrogens is 2. The van der Waals surface area contributed by atoms with Crippen molar-refractivity contribution in [3.8, 4) is 11.5 Å². The number of fused-ring (bicyclic) bond motifs is 1. The van der Waals surface area contributed by atoms with Gasteiger partial charge in [0.25, 0.3) is 5.91 Å². The summed E-state index contributed by atoms with van der Waals surface area (Å²) in [7, 11) is 0. The van der Waals surface area contributed by atoms with Crippen LogP contribution < -0.4 is 5.32 Å². The van der Waals surface area contributed by atoms with E-state index in [9.17, 15) is 9.18 Å². The molecule has 6 heteroatoms. The van der Waals surface area contributed by atoms with Gasteiger partial charge in [0.05, 0.1) is 6.20 Å². The van der Waals surface area contributed by atoms with Crippen LogP contribution in [0.2, 0.25) is 0 Å². The minimum Gasteiger partial charge on any atom is -0.436 e. The molecule has 0 spiro atoms. The molecule has 0 radical (unpaired) electrons. The van der Waals surface area contributed by atoms with Crippen molar-refractivity contribution < 1.29 is 13.6 Å². The molecular formula is C19H12FN3O2. The van der Waals surface area contributed by atoms with Crippen LogP contribution in [-0.4, -0.2) is 15.9 Å². The molecule has 0 saturated carbocycles. The van der Waals surface area contributed by atoms with Crippen LogP contribution in [0.5, 0.6) is 0 Å². The molecule has 0 aliphatic heterocycles. The summed E-state index contributed by atoms with van der Waals surface area (Å²) in [5.74, 6) is -0.348. The van der Waals surface area contributed by atoms with E-state index in [4.69, 9.17) is 4.42 Å². The van der Waals surface area contributed by atoms with Crippen molar-refractivity contribution in [1.29, 1.82) is 0 Å². The van der Waals surface area contributed by atoms with E-state index in [1.165, 1.54) is 18.2 Å². The lowest BCUT2D eigenvalue weighted by atomic mass is 10.2. The molecule has 0 aliphatic rings. The van der Waals surface area contributed by atoms with Gasteiger partial charge in [-0.25, -0.2) is 9.37 Å². The lowest BCUT2D eigenvalue weighted by Gasteiger charge is -2.06. The maximum atomic E-state index is 13.2. The van der Waals surface area contributed by atoms with E-state index >= 15 is 0 Å². The first-order valence-electron chi connectivity index (χ1n) is 7.57. The average Bonchev–Trinajstić information content (AvgIpc) is 3.06. The third-order valence-corrected chi connectivity index (χ3v) is 3.67. The summed E-state index contributed by atoms with van der Waals surface area (Å²) < 4.78 is 18.9. The second-order valence-electron chi connectivity index (χ2n) is 5.40. The van der Waals surface area contributed by atoms with Gasteiger partial charge in [-0.1, -0.05) is 6.07 Å².